The Balaban J connectivity index is 1.59. The lowest BCUT2D eigenvalue weighted by Crippen LogP contribution is -2.36. The number of anilines is 1. The summed E-state index contributed by atoms with van der Waals surface area (Å²) in [6.07, 6.45) is 1.46. The van der Waals surface area contributed by atoms with E-state index in [1.807, 2.05) is 25.1 Å². The first kappa shape index (κ1) is 19.5. The van der Waals surface area contributed by atoms with Crippen molar-refractivity contribution >= 4 is 23.5 Å². The van der Waals surface area contributed by atoms with Crippen molar-refractivity contribution < 1.29 is 14.5 Å². The highest BCUT2D eigenvalue weighted by Crippen LogP contribution is 2.22. The number of hydrazone groups is 1. The molecule has 0 aromatic heterocycles. The predicted octanol–water partition coefficient (Wildman–Crippen LogP) is 2.43. The zero-order chi connectivity index (χ0) is 19.9. The molecule has 2 aromatic rings. The number of nitro groups is 1. The molecular formula is C20H22N4O4. The normalized spacial score (nSPS) is 14.2. The molecule has 1 N–H and O–H groups in total. The first-order valence-electron chi connectivity index (χ1n) is 9.02. The van der Waals surface area contributed by atoms with Gasteiger partial charge in [0.05, 0.1) is 30.8 Å². The van der Waals surface area contributed by atoms with E-state index in [0.717, 1.165) is 37.4 Å². The number of hydrogen-bond acceptors (Lipinski definition) is 6. The summed E-state index contributed by atoms with van der Waals surface area (Å²) in [6.45, 7) is 5.24. The molecule has 0 bridgehead atoms. The number of rotatable bonds is 6. The van der Waals surface area contributed by atoms with Gasteiger partial charge in [-0.2, -0.15) is 5.10 Å². The molecule has 28 heavy (non-hydrogen) atoms. The molecule has 1 aliphatic heterocycles. The molecule has 8 nitrogen and oxygen atoms in total. The number of morpholine rings is 1. The molecule has 1 fully saturated rings. The van der Waals surface area contributed by atoms with Crippen LogP contribution in [0.5, 0.6) is 0 Å². The molecule has 0 atom stereocenters. The van der Waals surface area contributed by atoms with Gasteiger partial charge in [-0.25, -0.2) is 5.43 Å². The van der Waals surface area contributed by atoms with Gasteiger partial charge in [0.25, 0.3) is 5.69 Å². The Hall–Kier alpha value is -3.26. The van der Waals surface area contributed by atoms with E-state index < -0.39 is 10.8 Å². The second-order valence-electron chi connectivity index (χ2n) is 6.50. The second-order valence-corrected chi connectivity index (χ2v) is 6.50. The van der Waals surface area contributed by atoms with Crippen molar-refractivity contribution in [3.63, 3.8) is 0 Å². The van der Waals surface area contributed by atoms with Crippen molar-refractivity contribution in [2.45, 2.75) is 13.3 Å². The average Bonchev–Trinajstić information content (AvgIpc) is 2.69. The molecule has 3 rings (SSSR count). The van der Waals surface area contributed by atoms with Gasteiger partial charge in [0, 0.05) is 30.4 Å². The maximum atomic E-state index is 12.0. The monoisotopic (exact) mass is 382 g/mol. The minimum Gasteiger partial charge on any atom is -0.378 e. The van der Waals surface area contributed by atoms with Crippen molar-refractivity contribution in [1.29, 1.82) is 0 Å². The van der Waals surface area contributed by atoms with E-state index >= 15 is 0 Å². The van der Waals surface area contributed by atoms with E-state index in [0.29, 0.717) is 5.56 Å². The maximum Gasteiger partial charge on any atom is 0.273 e. The third kappa shape index (κ3) is 4.92. The van der Waals surface area contributed by atoms with Crippen LogP contribution in [-0.2, 0) is 16.0 Å². The molecule has 1 saturated heterocycles. The van der Waals surface area contributed by atoms with Crippen LogP contribution < -0.4 is 10.3 Å². The Labute approximate surface area is 163 Å². The van der Waals surface area contributed by atoms with E-state index in [1.54, 1.807) is 24.4 Å². The van der Waals surface area contributed by atoms with Gasteiger partial charge < -0.3 is 9.64 Å². The van der Waals surface area contributed by atoms with Crippen LogP contribution in [0.15, 0.2) is 47.6 Å². The summed E-state index contributed by atoms with van der Waals surface area (Å²) in [5.74, 6) is -0.410. The fourth-order valence-corrected chi connectivity index (χ4v) is 3.15. The SMILES string of the molecule is Cc1cc(/C=N/NC(=O)Cc2ccccc2[N+](=O)[O-])ccc1N1CCOCC1. The zero-order valence-electron chi connectivity index (χ0n) is 15.6. The molecular weight excluding hydrogens is 360 g/mol. The fraction of sp³-hybridized carbons (Fsp3) is 0.300. The number of para-hydroxylation sites is 1. The summed E-state index contributed by atoms with van der Waals surface area (Å²) in [6, 6.07) is 12.2. The number of benzene rings is 2. The van der Waals surface area contributed by atoms with Gasteiger partial charge in [-0.1, -0.05) is 24.3 Å². The summed E-state index contributed by atoms with van der Waals surface area (Å²) in [5.41, 5.74) is 5.86. The molecule has 8 heteroatoms. The van der Waals surface area contributed by atoms with Gasteiger partial charge in [-0.3, -0.25) is 14.9 Å². The fourth-order valence-electron chi connectivity index (χ4n) is 3.15. The van der Waals surface area contributed by atoms with Crippen molar-refractivity contribution in [3.8, 4) is 0 Å². The van der Waals surface area contributed by atoms with E-state index in [-0.39, 0.29) is 12.1 Å². The van der Waals surface area contributed by atoms with E-state index in [9.17, 15) is 14.9 Å². The summed E-state index contributed by atoms with van der Waals surface area (Å²) >= 11 is 0. The highest BCUT2D eigenvalue weighted by Gasteiger charge is 2.15. The number of carbonyl (C=O) groups excluding carboxylic acids is 1. The predicted molar refractivity (Wildman–Crippen MR) is 107 cm³/mol. The Kier molecular flexibility index (Phi) is 6.33. The Morgan fingerprint density at radius 2 is 2.04 bits per heavy atom. The number of hydrogen-bond donors (Lipinski definition) is 1. The highest BCUT2D eigenvalue weighted by atomic mass is 16.6. The Morgan fingerprint density at radius 3 is 2.75 bits per heavy atom. The number of nitrogens with zero attached hydrogens (tertiary/aromatic N) is 3. The van der Waals surface area contributed by atoms with Crippen LogP contribution in [0.1, 0.15) is 16.7 Å². The Morgan fingerprint density at radius 1 is 1.29 bits per heavy atom. The van der Waals surface area contributed by atoms with Crippen molar-refractivity contribution in [2.75, 3.05) is 31.2 Å². The van der Waals surface area contributed by atoms with Crippen LogP contribution in [-0.4, -0.2) is 43.3 Å². The number of amides is 1. The van der Waals surface area contributed by atoms with Crippen molar-refractivity contribution in [1.82, 2.24) is 5.43 Å². The summed E-state index contributed by atoms with van der Waals surface area (Å²) in [7, 11) is 0. The molecule has 1 aliphatic rings. The smallest absolute Gasteiger partial charge is 0.273 e. The number of nitro benzene ring substituents is 1. The van der Waals surface area contributed by atoms with Gasteiger partial charge in [-0.15, -0.1) is 0 Å². The zero-order valence-corrected chi connectivity index (χ0v) is 15.6. The van der Waals surface area contributed by atoms with Crippen LogP contribution in [0.4, 0.5) is 11.4 Å². The lowest BCUT2D eigenvalue weighted by molar-refractivity contribution is -0.385. The summed E-state index contributed by atoms with van der Waals surface area (Å²) < 4.78 is 5.38. The Bertz CT molecular complexity index is 892. The molecule has 1 heterocycles. The molecule has 0 unspecified atom stereocenters. The summed E-state index contributed by atoms with van der Waals surface area (Å²) in [5, 5.41) is 15.0. The van der Waals surface area contributed by atoms with Gasteiger partial charge in [0.2, 0.25) is 5.91 Å². The minimum absolute atomic E-state index is 0.0732. The first-order chi connectivity index (χ1) is 13.5. The maximum absolute atomic E-state index is 12.0. The largest absolute Gasteiger partial charge is 0.378 e. The van der Waals surface area contributed by atoms with Crippen LogP contribution in [0.2, 0.25) is 0 Å². The number of nitrogens with one attached hydrogen (secondary N) is 1. The van der Waals surface area contributed by atoms with Gasteiger partial charge in [0.15, 0.2) is 0 Å². The standard InChI is InChI=1S/C20H22N4O4/c1-15-12-16(6-7-18(15)23-8-10-28-11-9-23)14-21-22-20(25)13-17-4-2-3-5-19(17)24(26)27/h2-7,12,14H,8-11,13H2,1H3,(H,22,25)/b21-14+. The highest BCUT2D eigenvalue weighted by molar-refractivity contribution is 5.84. The third-order valence-corrected chi connectivity index (χ3v) is 4.51. The average molecular weight is 382 g/mol. The molecule has 0 aliphatic carbocycles. The molecule has 2 aromatic carbocycles. The van der Waals surface area contributed by atoms with Crippen molar-refractivity contribution in [3.05, 3.63) is 69.3 Å². The molecule has 146 valence electrons. The first-order valence-corrected chi connectivity index (χ1v) is 9.02. The van der Waals surface area contributed by atoms with Crippen LogP contribution >= 0.6 is 0 Å². The number of ether oxygens (including phenoxy) is 1. The molecule has 0 saturated carbocycles. The van der Waals surface area contributed by atoms with Crippen LogP contribution in [0, 0.1) is 17.0 Å². The molecule has 0 spiro atoms. The van der Waals surface area contributed by atoms with E-state index in [2.05, 4.69) is 15.4 Å². The topological polar surface area (TPSA) is 97.1 Å². The molecule has 0 radical (unpaired) electrons. The summed E-state index contributed by atoms with van der Waals surface area (Å²) in [4.78, 5) is 24.8. The number of carbonyl (C=O) groups is 1. The lowest BCUT2D eigenvalue weighted by Gasteiger charge is -2.30. The van der Waals surface area contributed by atoms with Gasteiger partial charge in [0.1, 0.15) is 0 Å². The van der Waals surface area contributed by atoms with E-state index in [4.69, 9.17) is 4.74 Å². The van der Waals surface area contributed by atoms with Crippen molar-refractivity contribution in [2.24, 2.45) is 5.10 Å². The quantitative estimate of drug-likeness (QED) is 0.470. The van der Waals surface area contributed by atoms with Gasteiger partial charge in [-0.05, 0) is 30.2 Å². The van der Waals surface area contributed by atoms with E-state index in [1.165, 1.54) is 11.8 Å². The number of aryl methyl sites for hydroxylation is 1. The molecule has 1 amide bonds. The lowest BCUT2D eigenvalue weighted by atomic mass is 10.1. The second kappa shape index (κ2) is 9.09. The van der Waals surface area contributed by atoms with Crippen LogP contribution in [0.3, 0.4) is 0 Å². The van der Waals surface area contributed by atoms with Crippen LogP contribution in [0.25, 0.3) is 0 Å². The third-order valence-electron chi connectivity index (χ3n) is 4.51. The minimum atomic E-state index is -0.495. The van der Waals surface area contributed by atoms with Gasteiger partial charge >= 0.3 is 0 Å².